The molecule has 0 saturated heterocycles. The smallest absolute Gasteiger partial charge is 0.161 e. The van der Waals surface area contributed by atoms with Gasteiger partial charge in [0.15, 0.2) is 5.82 Å². The van der Waals surface area contributed by atoms with Gasteiger partial charge in [-0.1, -0.05) is 42.5 Å². The van der Waals surface area contributed by atoms with E-state index in [4.69, 9.17) is 0 Å². The summed E-state index contributed by atoms with van der Waals surface area (Å²) in [5, 5.41) is 14.0. The second-order valence-electron chi connectivity index (χ2n) is 5.08. The number of carbonyl (C=O) groups excluding carboxylic acids is 1. The van der Waals surface area contributed by atoms with Crippen molar-refractivity contribution in [2.45, 2.75) is 6.92 Å². The molecule has 0 aliphatic heterocycles. The molecular formula is C18H14N3O2-. The first kappa shape index (κ1) is 14.7. The lowest BCUT2D eigenvalue weighted by atomic mass is 10.2. The minimum absolute atomic E-state index is 0.115. The topological polar surface area (TPSA) is 77.9 Å². The molecule has 5 nitrogen and oxygen atoms in total. The summed E-state index contributed by atoms with van der Waals surface area (Å²) in [6.07, 6.45) is 0. The molecule has 3 aromatic rings. The summed E-state index contributed by atoms with van der Waals surface area (Å²) in [5.74, 6) is 0.00787. The van der Waals surface area contributed by atoms with Crippen LogP contribution in [0.5, 0.6) is 0 Å². The third kappa shape index (κ3) is 3.52. The Kier molecular flexibility index (Phi) is 4.01. The van der Waals surface area contributed by atoms with Crippen LogP contribution in [0.3, 0.4) is 0 Å². The maximum Gasteiger partial charge on any atom is 0.161 e. The van der Waals surface area contributed by atoms with Crippen molar-refractivity contribution in [1.82, 2.24) is 9.97 Å². The zero-order valence-corrected chi connectivity index (χ0v) is 12.5. The largest absolute Gasteiger partial charge is 0.545 e. The predicted octanol–water partition coefficient (Wildman–Crippen LogP) is 2.56. The van der Waals surface area contributed by atoms with Crippen LogP contribution < -0.4 is 10.4 Å². The lowest BCUT2D eigenvalue weighted by Gasteiger charge is -2.10. The molecule has 0 spiro atoms. The van der Waals surface area contributed by atoms with E-state index in [0.717, 1.165) is 11.3 Å². The van der Waals surface area contributed by atoms with Crippen LogP contribution in [0.1, 0.15) is 16.1 Å². The van der Waals surface area contributed by atoms with E-state index < -0.39 is 5.97 Å². The summed E-state index contributed by atoms with van der Waals surface area (Å²) in [7, 11) is 0. The molecule has 1 N–H and O–H groups in total. The number of rotatable bonds is 4. The van der Waals surface area contributed by atoms with Gasteiger partial charge in [-0.05, 0) is 24.6 Å². The first-order chi connectivity index (χ1) is 11.1. The molecule has 0 aliphatic carbocycles. The van der Waals surface area contributed by atoms with Crippen LogP contribution in [-0.4, -0.2) is 15.9 Å². The number of nitrogens with zero attached hydrogens (tertiary/aromatic N) is 2. The SMILES string of the molecule is Cc1cc(Nc2cccc(C(=O)[O-])c2)nc(-c2ccccc2)n1. The van der Waals surface area contributed by atoms with Crippen LogP contribution >= 0.6 is 0 Å². The van der Waals surface area contributed by atoms with E-state index in [1.54, 1.807) is 18.2 Å². The van der Waals surface area contributed by atoms with Crippen LogP contribution in [0.2, 0.25) is 0 Å². The van der Waals surface area contributed by atoms with Crippen LogP contribution in [-0.2, 0) is 0 Å². The molecule has 0 bridgehead atoms. The number of carboxylic acids is 1. The number of carboxylic acid groups (broad SMARTS) is 1. The van der Waals surface area contributed by atoms with Crippen LogP contribution in [0.15, 0.2) is 60.7 Å². The Balaban J connectivity index is 1.93. The highest BCUT2D eigenvalue weighted by Crippen LogP contribution is 2.21. The summed E-state index contributed by atoms with van der Waals surface area (Å²) in [4.78, 5) is 19.9. The molecule has 0 saturated carbocycles. The Morgan fingerprint density at radius 1 is 1.00 bits per heavy atom. The second-order valence-corrected chi connectivity index (χ2v) is 5.08. The Morgan fingerprint density at radius 3 is 2.52 bits per heavy atom. The number of hydrogen-bond acceptors (Lipinski definition) is 5. The van der Waals surface area contributed by atoms with E-state index in [1.807, 2.05) is 37.3 Å². The first-order valence-electron chi connectivity index (χ1n) is 7.11. The van der Waals surface area contributed by atoms with Gasteiger partial charge >= 0.3 is 0 Å². The molecular weight excluding hydrogens is 290 g/mol. The Bertz CT molecular complexity index is 848. The number of aromatic carboxylic acids is 1. The standard InChI is InChI=1S/C18H15N3O2/c1-12-10-16(20-15-9-5-8-14(11-15)18(22)23)21-17(19-12)13-6-3-2-4-7-13/h2-11H,1H3,(H,22,23)(H,19,20,21)/p-1. The lowest BCUT2D eigenvalue weighted by Crippen LogP contribution is -2.22. The summed E-state index contributed by atoms with van der Waals surface area (Å²) in [5.41, 5.74) is 2.48. The maximum absolute atomic E-state index is 10.9. The van der Waals surface area contributed by atoms with Crippen molar-refractivity contribution in [2.24, 2.45) is 0 Å². The number of aromatic nitrogens is 2. The van der Waals surface area contributed by atoms with E-state index in [-0.39, 0.29) is 5.56 Å². The van der Waals surface area contributed by atoms with Crippen molar-refractivity contribution in [2.75, 3.05) is 5.32 Å². The zero-order chi connectivity index (χ0) is 16.2. The first-order valence-corrected chi connectivity index (χ1v) is 7.11. The van der Waals surface area contributed by atoms with Crippen molar-refractivity contribution < 1.29 is 9.90 Å². The molecule has 0 atom stereocenters. The third-order valence-corrected chi connectivity index (χ3v) is 3.26. The monoisotopic (exact) mass is 304 g/mol. The van der Waals surface area contributed by atoms with E-state index in [2.05, 4.69) is 15.3 Å². The summed E-state index contributed by atoms with van der Waals surface area (Å²) in [6.45, 7) is 1.89. The normalized spacial score (nSPS) is 10.3. The maximum atomic E-state index is 10.9. The Labute approximate surface area is 133 Å². The van der Waals surface area contributed by atoms with E-state index in [0.29, 0.717) is 17.3 Å². The van der Waals surface area contributed by atoms with Gasteiger partial charge in [-0.25, -0.2) is 9.97 Å². The van der Waals surface area contributed by atoms with Crippen LogP contribution in [0, 0.1) is 6.92 Å². The van der Waals surface area contributed by atoms with Crippen molar-refractivity contribution in [3.05, 3.63) is 71.9 Å². The molecule has 23 heavy (non-hydrogen) atoms. The number of hydrogen-bond donors (Lipinski definition) is 1. The number of benzene rings is 2. The van der Waals surface area contributed by atoms with Gasteiger partial charge in [0.05, 0.1) is 5.97 Å². The highest BCUT2D eigenvalue weighted by atomic mass is 16.4. The van der Waals surface area contributed by atoms with Gasteiger partial charge in [0.1, 0.15) is 5.82 Å². The fraction of sp³-hybridized carbons (Fsp3) is 0.0556. The van der Waals surface area contributed by atoms with Crippen LogP contribution in [0.25, 0.3) is 11.4 Å². The molecule has 3 rings (SSSR count). The lowest BCUT2D eigenvalue weighted by molar-refractivity contribution is -0.255. The third-order valence-electron chi connectivity index (χ3n) is 3.26. The summed E-state index contributed by atoms with van der Waals surface area (Å²) >= 11 is 0. The summed E-state index contributed by atoms with van der Waals surface area (Å²) < 4.78 is 0. The summed E-state index contributed by atoms with van der Waals surface area (Å²) in [6, 6.07) is 17.9. The molecule has 0 aliphatic rings. The molecule has 1 aromatic heterocycles. The van der Waals surface area contributed by atoms with Gasteiger partial charge in [0, 0.05) is 23.0 Å². The number of nitrogens with one attached hydrogen (secondary N) is 1. The molecule has 0 fully saturated rings. The van der Waals surface area contributed by atoms with Gasteiger partial charge in [-0.2, -0.15) is 0 Å². The molecule has 0 unspecified atom stereocenters. The fourth-order valence-electron chi connectivity index (χ4n) is 2.22. The molecule has 114 valence electrons. The quantitative estimate of drug-likeness (QED) is 0.801. The highest BCUT2D eigenvalue weighted by molar-refractivity contribution is 5.87. The van der Waals surface area contributed by atoms with Crippen molar-refractivity contribution >= 4 is 17.5 Å². The van der Waals surface area contributed by atoms with Gasteiger partial charge in [0.25, 0.3) is 0 Å². The van der Waals surface area contributed by atoms with Gasteiger partial charge in [0.2, 0.25) is 0 Å². The van der Waals surface area contributed by atoms with Gasteiger partial charge < -0.3 is 15.2 Å². The molecule has 0 radical (unpaired) electrons. The van der Waals surface area contributed by atoms with Gasteiger partial charge in [-0.15, -0.1) is 0 Å². The number of carbonyl (C=O) groups is 1. The highest BCUT2D eigenvalue weighted by Gasteiger charge is 2.05. The average molecular weight is 304 g/mol. The predicted molar refractivity (Wildman–Crippen MR) is 86.3 cm³/mol. The van der Waals surface area contributed by atoms with E-state index >= 15 is 0 Å². The minimum Gasteiger partial charge on any atom is -0.545 e. The van der Waals surface area contributed by atoms with Crippen molar-refractivity contribution in [3.63, 3.8) is 0 Å². The van der Waals surface area contributed by atoms with Crippen molar-refractivity contribution in [1.29, 1.82) is 0 Å². The van der Waals surface area contributed by atoms with Crippen LogP contribution in [0.4, 0.5) is 11.5 Å². The average Bonchev–Trinajstić information content (AvgIpc) is 2.55. The molecule has 5 heteroatoms. The van der Waals surface area contributed by atoms with E-state index in [9.17, 15) is 9.90 Å². The zero-order valence-electron chi connectivity index (χ0n) is 12.5. The minimum atomic E-state index is -1.21. The molecule has 1 heterocycles. The van der Waals surface area contributed by atoms with Gasteiger partial charge in [-0.3, -0.25) is 0 Å². The Hall–Kier alpha value is -3.21. The van der Waals surface area contributed by atoms with Crippen molar-refractivity contribution in [3.8, 4) is 11.4 Å². The number of anilines is 2. The Morgan fingerprint density at radius 2 is 1.78 bits per heavy atom. The fourth-order valence-corrected chi connectivity index (χ4v) is 2.22. The molecule has 0 amide bonds. The molecule has 2 aromatic carbocycles. The number of aryl methyl sites for hydroxylation is 1. The second kappa shape index (κ2) is 6.27. The van der Waals surface area contributed by atoms with E-state index in [1.165, 1.54) is 12.1 Å².